The average Bonchev–Trinajstić information content (AvgIpc) is 2.13. The van der Waals surface area contributed by atoms with Gasteiger partial charge in [0.15, 0.2) is 11.6 Å². The molecule has 1 aromatic rings. The van der Waals surface area contributed by atoms with Crippen molar-refractivity contribution in [3.05, 3.63) is 22.2 Å². The Kier molecular flexibility index (Phi) is 3.46. The van der Waals surface area contributed by atoms with Crippen LogP contribution >= 0.6 is 15.9 Å². The summed E-state index contributed by atoms with van der Waals surface area (Å²) < 4.78 is 30.4. The molecule has 0 aliphatic carbocycles. The van der Waals surface area contributed by atoms with Gasteiger partial charge in [0.2, 0.25) is 5.82 Å². The van der Waals surface area contributed by atoms with Crippen molar-refractivity contribution in [2.75, 3.05) is 7.11 Å². The first-order chi connectivity index (χ1) is 6.49. The molecule has 0 unspecified atom stereocenters. The van der Waals surface area contributed by atoms with Gasteiger partial charge in [-0.3, -0.25) is 0 Å². The third-order valence-corrected chi connectivity index (χ3v) is 2.21. The lowest BCUT2D eigenvalue weighted by Gasteiger charge is -2.10. The van der Waals surface area contributed by atoms with Crippen molar-refractivity contribution in [1.29, 1.82) is 0 Å². The molecule has 0 aliphatic heterocycles. The van der Waals surface area contributed by atoms with E-state index in [1.54, 1.807) is 0 Å². The van der Waals surface area contributed by atoms with Crippen LogP contribution < -0.4 is 10.2 Å². The molecular formula is C7H6BBrF2O3. The van der Waals surface area contributed by atoms with Crippen LogP contribution in [0.1, 0.15) is 0 Å². The molecule has 0 amide bonds. The predicted octanol–water partition coefficient (Wildman–Crippen LogP) is 0.416. The number of rotatable bonds is 2. The summed E-state index contributed by atoms with van der Waals surface area (Å²) in [6.45, 7) is 0. The van der Waals surface area contributed by atoms with Crippen molar-refractivity contribution < 1.29 is 23.6 Å². The SMILES string of the molecule is COc1c(B(O)O)cc(Br)c(F)c1F. The summed E-state index contributed by atoms with van der Waals surface area (Å²) in [6, 6.07) is 1.04. The van der Waals surface area contributed by atoms with Gasteiger partial charge in [-0.15, -0.1) is 0 Å². The Morgan fingerprint density at radius 2 is 1.93 bits per heavy atom. The Hall–Kier alpha value is -0.655. The van der Waals surface area contributed by atoms with Crippen molar-refractivity contribution in [2.24, 2.45) is 0 Å². The molecule has 0 saturated carbocycles. The molecule has 0 saturated heterocycles. The highest BCUT2D eigenvalue weighted by molar-refractivity contribution is 9.10. The topological polar surface area (TPSA) is 49.7 Å². The van der Waals surface area contributed by atoms with Gasteiger partial charge in [-0.2, -0.15) is 4.39 Å². The molecule has 0 heterocycles. The maximum Gasteiger partial charge on any atom is 0.492 e. The van der Waals surface area contributed by atoms with Crippen LogP contribution in [0.4, 0.5) is 8.78 Å². The smallest absolute Gasteiger partial charge is 0.492 e. The van der Waals surface area contributed by atoms with Crippen LogP contribution in [-0.4, -0.2) is 24.3 Å². The molecule has 0 aromatic heterocycles. The van der Waals surface area contributed by atoms with Gasteiger partial charge in [-0.1, -0.05) is 0 Å². The zero-order valence-electron chi connectivity index (χ0n) is 7.09. The lowest BCUT2D eigenvalue weighted by atomic mass is 9.79. The number of hydrogen-bond acceptors (Lipinski definition) is 3. The van der Waals surface area contributed by atoms with Gasteiger partial charge in [-0.05, 0) is 22.0 Å². The van der Waals surface area contributed by atoms with E-state index in [9.17, 15) is 8.78 Å². The first-order valence-electron chi connectivity index (χ1n) is 3.56. The average molecular weight is 267 g/mol. The molecule has 0 fully saturated rings. The quantitative estimate of drug-likeness (QED) is 0.603. The van der Waals surface area contributed by atoms with E-state index in [4.69, 9.17) is 10.0 Å². The molecule has 2 N–H and O–H groups in total. The van der Waals surface area contributed by atoms with Gasteiger partial charge in [0.05, 0.1) is 11.6 Å². The van der Waals surface area contributed by atoms with Gasteiger partial charge in [-0.25, -0.2) is 4.39 Å². The van der Waals surface area contributed by atoms with Crippen molar-refractivity contribution in [1.82, 2.24) is 0 Å². The van der Waals surface area contributed by atoms with Gasteiger partial charge in [0.25, 0.3) is 0 Å². The normalized spacial score (nSPS) is 10.1. The molecule has 0 bridgehead atoms. The van der Waals surface area contributed by atoms with Gasteiger partial charge < -0.3 is 14.8 Å². The van der Waals surface area contributed by atoms with Gasteiger partial charge in [0.1, 0.15) is 0 Å². The van der Waals surface area contributed by atoms with Crippen molar-refractivity contribution in [3.8, 4) is 5.75 Å². The van der Waals surface area contributed by atoms with Crippen LogP contribution in [0.25, 0.3) is 0 Å². The Morgan fingerprint density at radius 1 is 1.36 bits per heavy atom. The van der Waals surface area contributed by atoms with Crippen molar-refractivity contribution in [2.45, 2.75) is 0 Å². The molecule has 0 spiro atoms. The second kappa shape index (κ2) is 4.25. The largest absolute Gasteiger partial charge is 0.494 e. The molecule has 1 aromatic carbocycles. The highest BCUT2D eigenvalue weighted by Crippen LogP contribution is 2.24. The van der Waals surface area contributed by atoms with Crippen LogP contribution in [0, 0.1) is 11.6 Å². The summed E-state index contributed by atoms with van der Waals surface area (Å²) >= 11 is 2.74. The van der Waals surface area contributed by atoms with E-state index in [1.807, 2.05) is 0 Å². The third-order valence-electron chi connectivity index (χ3n) is 1.63. The summed E-state index contributed by atoms with van der Waals surface area (Å²) in [6.07, 6.45) is 0. The van der Waals surface area contributed by atoms with Crippen LogP contribution in [0.5, 0.6) is 5.75 Å². The van der Waals surface area contributed by atoms with E-state index in [2.05, 4.69) is 20.7 Å². The van der Waals surface area contributed by atoms with Crippen LogP contribution in [0.2, 0.25) is 0 Å². The minimum absolute atomic E-state index is 0.195. The fourth-order valence-corrected chi connectivity index (χ4v) is 1.42. The zero-order valence-corrected chi connectivity index (χ0v) is 8.68. The highest BCUT2D eigenvalue weighted by Gasteiger charge is 2.24. The Labute approximate surface area is 87.6 Å². The molecule has 7 heteroatoms. The monoisotopic (exact) mass is 266 g/mol. The Bertz CT molecular complexity index is 359. The first kappa shape index (κ1) is 11.4. The second-order valence-corrected chi connectivity index (χ2v) is 3.34. The lowest BCUT2D eigenvalue weighted by molar-refractivity contribution is 0.368. The fraction of sp³-hybridized carbons (Fsp3) is 0.143. The summed E-state index contributed by atoms with van der Waals surface area (Å²) in [5.41, 5.74) is -0.238. The van der Waals surface area contributed by atoms with E-state index < -0.39 is 24.5 Å². The molecule has 14 heavy (non-hydrogen) atoms. The minimum atomic E-state index is -1.92. The standard InChI is InChI=1S/C7H6BBrF2O3/c1-14-7-3(8(12)13)2-4(9)5(10)6(7)11/h2,12-13H,1H3. The molecule has 1 rings (SSSR count). The molecule has 0 aliphatic rings. The maximum atomic E-state index is 13.1. The van der Waals surface area contributed by atoms with E-state index in [0.717, 1.165) is 13.2 Å². The van der Waals surface area contributed by atoms with Gasteiger partial charge >= 0.3 is 7.12 Å². The van der Waals surface area contributed by atoms with Crippen LogP contribution in [0.3, 0.4) is 0 Å². The number of benzene rings is 1. The lowest BCUT2D eigenvalue weighted by Crippen LogP contribution is -2.32. The molecular weight excluding hydrogens is 261 g/mol. The number of methoxy groups -OCH3 is 1. The number of halogens is 3. The first-order valence-corrected chi connectivity index (χ1v) is 4.35. The minimum Gasteiger partial charge on any atom is -0.494 e. The van der Waals surface area contributed by atoms with Crippen LogP contribution in [0.15, 0.2) is 10.5 Å². The van der Waals surface area contributed by atoms with E-state index in [-0.39, 0.29) is 9.94 Å². The maximum absolute atomic E-state index is 13.1. The highest BCUT2D eigenvalue weighted by atomic mass is 79.9. The van der Waals surface area contributed by atoms with E-state index in [0.29, 0.717) is 0 Å². The number of hydrogen-bond donors (Lipinski definition) is 2. The van der Waals surface area contributed by atoms with E-state index >= 15 is 0 Å². The molecule has 3 nitrogen and oxygen atoms in total. The number of ether oxygens (including phenoxy) is 1. The summed E-state index contributed by atoms with van der Waals surface area (Å²) in [5, 5.41) is 17.7. The second-order valence-electron chi connectivity index (χ2n) is 2.48. The molecule has 0 atom stereocenters. The van der Waals surface area contributed by atoms with Crippen molar-refractivity contribution in [3.63, 3.8) is 0 Å². The molecule has 76 valence electrons. The fourth-order valence-electron chi connectivity index (χ4n) is 0.996. The summed E-state index contributed by atoms with van der Waals surface area (Å²) in [7, 11) is -0.811. The summed E-state index contributed by atoms with van der Waals surface area (Å²) in [4.78, 5) is 0. The summed E-state index contributed by atoms with van der Waals surface area (Å²) in [5.74, 6) is -2.91. The van der Waals surface area contributed by atoms with Crippen LogP contribution in [-0.2, 0) is 0 Å². The van der Waals surface area contributed by atoms with Gasteiger partial charge in [0, 0.05) is 5.46 Å². The molecule has 0 radical (unpaired) electrons. The predicted molar refractivity (Wildman–Crippen MR) is 50.4 cm³/mol. The third kappa shape index (κ3) is 1.89. The zero-order chi connectivity index (χ0) is 10.9. The van der Waals surface area contributed by atoms with Crippen molar-refractivity contribution >= 4 is 28.5 Å². The Morgan fingerprint density at radius 3 is 2.36 bits per heavy atom. The Balaban J connectivity index is 3.43. The van der Waals surface area contributed by atoms with E-state index in [1.165, 1.54) is 0 Å².